The molecule has 0 saturated heterocycles. The van der Waals surface area contributed by atoms with Gasteiger partial charge in [0.1, 0.15) is 0 Å². The smallest absolute Gasteiger partial charge is 0.244 e. The van der Waals surface area contributed by atoms with Gasteiger partial charge in [0.15, 0.2) is 0 Å². The summed E-state index contributed by atoms with van der Waals surface area (Å²) in [5, 5.41) is 10.4. The molecule has 0 aromatic carbocycles. The summed E-state index contributed by atoms with van der Waals surface area (Å²) in [6.45, 7) is 9.73. The lowest BCUT2D eigenvalue weighted by Gasteiger charge is -2.68. The number of amides is 1. The molecule has 0 radical (unpaired) electrons. The molecule has 4 heteroatoms. The highest BCUT2D eigenvalue weighted by Gasteiger charge is 2.68. The molecule has 1 unspecified atom stereocenters. The molecule has 0 bridgehead atoms. The van der Waals surface area contributed by atoms with Crippen LogP contribution in [-0.4, -0.2) is 22.1 Å². The summed E-state index contributed by atoms with van der Waals surface area (Å²) in [6, 6.07) is 4.21. The zero-order valence-corrected chi connectivity index (χ0v) is 19.4. The van der Waals surface area contributed by atoms with Gasteiger partial charge in [0.2, 0.25) is 5.91 Å². The molecular weight excluding hydrogens is 384 g/mol. The van der Waals surface area contributed by atoms with E-state index in [2.05, 4.69) is 44.8 Å². The predicted molar refractivity (Wildman–Crippen MR) is 123 cm³/mol. The highest BCUT2D eigenvalue weighted by atomic mass is 16.3. The van der Waals surface area contributed by atoms with Gasteiger partial charge in [-0.15, -0.1) is 0 Å². The third kappa shape index (κ3) is 2.51. The SMILES string of the molecule is C[C@]12CC[C@H](O)CC1=C(C(N)=O)CC1[C@]2(C)CC[C@]2(C)C(c3cccnc3)=CC[C@@]12C. The summed E-state index contributed by atoms with van der Waals surface area (Å²) >= 11 is 0. The van der Waals surface area contributed by atoms with Crippen LogP contribution in [0.3, 0.4) is 0 Å². The summed E-state index contributed by atoms with van der Waals surface area (Å²) in [7, 11) is 0. The topological polar surface area (TPSA) is 76.2 Å². The van der Waals surface area contributed by atoms with E-state index in [-0.39, 0.29) is 33.7 Å². The van der Waals surface area contributed by atoms with Crippen molar-refractivity contribution in [2.24, 2.45) is 33.3 Å². The van der Waals surface area contributed by atoms with Crippen LogP contribution in [-0.2, 0) is 4.79 Å². The van der Waals surface area contributed by atoms with Crippen LogP contribution < -0.4 is 5.73 Å². The number of carbonyl (C=O) groups excluding carboxylic acids is 1. The Morgan fingerprint density at radius 1 is 1.10 bits per heavy atom. The summed E-state index contributed by atoms with van der Waals surface area (Å²) in [5.74, 6) is 0.0855. The fourth-order valence-corrected chi connectivity index (χ4v) is 8.31. The number of aliphatic hydroxyl groups is 1. The van der Waals surface area contributed by atoms with Gasteiger partial charge in [-0.1, -0.05) is 45.4 Å². The van der Waals surface area contributed by atoms with Crippen molar-refractivity contribution in [1.29, 1.82) is 0 Å². The molecule has 6 atom stereocenters. The number of hydrogen-bond donors (Lipinski definition) is 2. The standard InChI is InChI=1S/C27H36N2O2/c1-24-9-7-18(30)14-21(24)19(23(28)31)15-22-26(3)10-8-20(17-6-5-13-29-16-17)25(26,2)11-12-27(22,24)4/h5-6,8,13,16,18,22,30H,7,9-12,14-15H2,1-4H3,(H2,28,31)/t18-,22?,24-,25+,26-,27-/m0/s1. The Morgan fingerprint density at radius 3 is 2.55 bits per heavy atom. The minimum atomic E-state index is -0.354. The number of carbonyl (C=O) groups is 1. The number of fused-ring (bicyclic) bond motifs is 5. The lowest BCUT2D eigenvalue weighted by Crippen LogP contribution is -2.61. The van der Waals surface area contributed by atoms with Crippen molar-refractivity contribution < 1.29 is 9.90 Å². The van der Waals surface area contributed by atoms with Gasteiger partial charge in [-0.2, -0.15) is 0 Å². The third-order valence-electron chi connectivity index (χ3n) is 10.7. The van der Waals surface area contributed by atoms with Gasteiger partial charge in [-0.05, 0) is 89.7 Å². The molecule has 4 aliphatic carbocycles. The third-order valence-corrected chi connectivity index (χ3v) is 10.7. The van der Waals surface area contributed by atoms with Gasteiger partial charge >= 0.3 is 0 Å². The van der Waals surface area contributed by atoms with Crippen LogP contribution in [0.2, 0.25) is 0 Å². The lowest BCUT2D eigenvalue weighted by atomic mass is 9.36. The molecule has 4 nitrogen and oxygen atoms in total. The lowest BCUT2D eigenvalue weighted by molar-refractivity contribution is -0.145. The largest absolute Gasteiger partial charge is 0.393 e. The fraction of sp³-hybridized carbons (Fsp3) is 0.630. The van der Waals surface area contributed by atoms with Gasteiger partial charge in [0, 0.05) is 18.0 Å². The van der Waals surface area contributed by atoms with Crippen molar-refractivity contribution in [3.05, 3.63) is 47.3 Å². The van der Waals surface area contributed by atoms with Gasteiger partial charge in [-0.25, -0.2) is 0 Å². The average Bonchev–Trinajstić information content (AvgIpc) is 3.01. The second kappa shape index (κ2) is 6.54. The van der Waals surface area contributed by atoms with E-state index in [4.69, 9.17) is 5.73 Å². The number of rotatable bonds is 2. The van der Waals surface area contributed by atoms with Crippen LogP contribution in [0, 0.1) is 27.6 Å². The highest BCUT2D eigenvalue weighted by molar-refractivity contribution is 5.93. The quantitative estimate of drug-likeness (QED) is 0.704. The number of nitrogens with zero attached hydrogens (tertiary/aromatic N) is 1. The molecule has 1 aromatic rings. The van der Waals surface area contributed by atoms with Gasteiger partial charge < -0.3 is 10.8 Å². The van der Waals surface area contributed by atoms with E-state index in [1.165, 1.54) is 11.1 Å². The van der Waals surface area contributed by atoms with Crippen molar-refractivity contribution >= 4 is 11.5 Å². The molecule has 166 valence electrons. The van der Waals surface area contributed by atoms with E-state index in [0.29, 0.717) is 12.3 Å². The maximum Gasteiger partial charge on any atom is 0.244 e. The summed E-state index contributed by atoms with van der Waals surface area (Å²) in [5.41, 5.74) is 10.7. The van der Waals surface area contributed by atoms with Gasteiger partial charge in [-0.3, -0.25) is 9.78 Å². The van der Waals surface area contributed by atoms with Crippen molar-refractivity contribution in [3.63, 3.8) is 0 Å². The Labute approximate surface area is 186 Å². The molecule has 0 aliphatic heterocycles. The molecule has 4 aliphatic rings. The van der Waals surface area contributed by atoms with Crippen LogP contribution in [0.15, 0.2) is 41.7 Å². The van der Waals surface area contributed by atoms with Crippen LogP contribution in [0.5, 0.6) is 0 Å². The number of pyridine rings is 1. The number of nitrogens with two attached hydrogens (primary N) is 1. The molecule has 2 saturated carbocycles. The number of hydrogen-bond acceptors (Lipinski definition) is 3. The van der Waals surface area contributed by atoms with E-state index in [9.17, 15) is 9.90 Å². The van der Waals surface area contributed by atoms with Crippen LogP contribution in [0.4, 0.5) is 0 Å². The van der Waals surface area contributed by atoms with Gasteiger partial charge in [0.25, 0.3) is 0 Å². The molecule has 1 heterocycles. The molecule has 31 heavy (non-hydrogen) atoms. The van der Waals surface area contributed by atoms with Crippen molar-refractivity contribution in [2.45, 2.75) is 78.7 Å². The first-order valence-electron chi connectivity index (χ1n) is 11.9. The molecule has 1 aromatic heterocycles. The van der Waals surface area contributed by atoms with E-state index < -0.39 is 0 Å². The number of aliphatic hydroxyl groups excluding tert-OH is 1. The van der Waals surface area contributed by atoms with Crippen molar-refractivity contribution in [1.82, 2.24) is 4.98 Å². The zero-order valence-electron chi connectivity index (χ0n) is 19.4. The van der Waals surface area contributed by atoms with Crippen molar-refractivity contribution in [2.75, 3.05) is 0 Å². The zero-order chi connectivity index (χ0) is 22.2. The first-order chi connectivity index (χ1) is 14.6. The molecular formula is C27H36N2O2. The van der Waals surface area contributed by atoms with Crippen LogP contribution >= 0.6 is 0 Å². The highest BCUT2D eigenvalue weighted by Crippen LogP contribution is 2.76. The Hall–Kier alpha value is -1.94. The maximum absolute atomic E-state index is 12.7. The molecule has 0 spiro atoms. The maximum atomic E-state index is 12.7. The summed E-state index contributed by atoms with van der Waals surface area (Å²) in [4.78, 5) is 17.1. The first-order valence-corrected chi connectivity index (χ1v) is 11.9. The molecule has 3 N–H and O–H groups in total. The minimum Gasteiger partial charge on any atom is -0.393 e. The monoisotopic (exact) mass is 420 g/mol. The number of primary amides is 1. The van der Waals surface area contributed by atoms with Gasteiger partial charge in [0.05, 0.1) is 6.10 Å². The summed E-state index contributed by atoms with van der Waals surface area (Å²) < 4.78 is 0. The second-order valence-corrected chi connectivity index (χ2v) is 11.5. The molecule has 5 rings (SSSR count). The fourth-order valence-electron chi connectivity index (χ4n) is 8.31. The Balaban J connectivity index is 1.64. The van der Waals surface area contributed by atoms with Crippen LogP contribution in [0.25, 0.3) is 5.57 Å². The number of aromatic nitrogens is 1. The molecule has 2 fully saturated rings. The van der Waals surface area contributed by atoms with E-state index in [1.54, 1.807) is 0 Å². The first kappa shape index (κ1) is 20.9. The summed E-state index contributed by atoms with van der Waals surface area (Å²) in [6.07, 6.45) is 12.3. The van der Waals surface area contributed by atoms with Crippen molar-refractivity contribution in [3.8, 4) is 0 Å². The molecule has 1 amide bonds. The second-order valence-electron chi connectivity index (χ2n) is 11.5. The van der Waals surface area contributed by atoms with Crippen LogP contribution in [0.1, 0.15) is 78.2 Å². The minimum absolute atomic E-state index is 0.0466. The predicted octanol–water partition coefficient (Wildman–Crippen LogP) is 5.03. The Morgan fingerprint density at radius 2 is 1.87 bits per heavy atom. The van der Waals surface area contributed by atoms with E-state index in [0.717, 1.165) is 49.7 Å². The Kier molecular flexibility index (Phi) is 4.42. The average molecular weight is 421 g/mol. The van der Waals surface area contributed by atoms with E-state index >= 15 is 0 Å². The normalized spacial score (nSPS) is 44.2. The number of allylic oxidation sites excluding steroid dienone is 2. The Bertz CT molecular complexity index is 998. The van der Waals surface area contributed by atoms with E-state index in [1.807, 2.05) is 18.5 Å².